The van der Waals surface area contributed by atoms with Gasteiger partial charge in [-0.15, -0.1) is 0 Å². The number of fused-ring (bicyclic) bond motifs is 1. The molecule has 2 heterocycles. The molecule has 1 N–H and O–H groups in total. The number of halogens is 1. The van der Waals surface area contributed by atoms with Gasteiger partial charge in [-0.3, -0.25) is 4.79 Å². The Bertz CT molecular complexity index is 1430. The van der Waals surface area contributed by atoms with E-state index >= 15 is 4.39 Å². The molecule has 0 atom stereocenters. The summed E-state index contributed by atoms with van der Waals surface area (Å²) in [6, 6.07) is 8.82. The summed E-state index contributed by atoms with van der Waals surface area (Å²) in [6.07, 6.45) is 1.26. The minimum Gasteiger partial charge on any atom is -0.494 e. The quantitative estimate of drug-likeness (QED) is 0.528. The minimum absolute atomic E-state index is 0.00952. The predicted molar refractivity (Wildman–Crippen MR) is 129 cm³/mol. The van der Waals surface area contributed by atoms with E-state index in [0.29, 0.717) is 24.4 Å². The van der Waals surface area contributed by atoms with E-state index in [9.17, 15) is 23.1 Å². The van der Waals surface area contributed by atoms with Crippen molar-refractivity contribution in [3.63, 3.8) is 0 Å². The molecule has 0 amide bonds. The zero-order valence-corrected chi connectivity index (χ0v) is 20.2. The fourth-order valence-electron chi connectivity index (χ4n) is 4.25. The highest BCUT2D eigenvalue weighted by atomic mass is 32.2. The number of benzene rings is 2. The van der Waals surface area contributed by atoms with Crippen LogP contribution in [0.5, 0.6) is 5.75 Å². The second kappa shape index (κ2) is 9.67. The molecule has 0 aliphatic carbocycles. The lowest BCUT2D eigenvalue weighted by Gasteiger charge is -2.35. The molecular formula is C24H26FN3O6S. The van der Waals surface area contributed by atoms with E-state index in [1.807, 2.05) is 6.92 Å². The average molecular weight is 504 g/mol. The van der Waals surface area contributed by atoms with Crippen molar-refractivity contribution in [3.8, 4) is 5.75 Å². The number of anilines is 1. The lowest BCUT2D eigenvalue weighted by atomic mass is 10.1. The Hall–Kier alpha value is -3.44. The van der Waals surface area contributed by atoms with Crippen LogP contribution in [-0.2, 0) is 16.6 Å². The first-order valence-corrected chi connectivity index (χ1v) is 12.7. The molecule has 1 saturated heterocycles. The number of nitrogens with zero attached hydrogens (tertiary/aromatic N) is 3. The van der Waals surface area contributed by atoms with Crippen LogP contribution in [0.4, 0.5) is 10.1 Å². The number of piperazine rings is 1. The number of carbonyl (C=O) groups is 1. The Balaban J connectivity index is 1.59. The van der Waals surface area contributed by atoms with E-state index in [2.05, 4.69) is 0 Å². The van der Waals surface area contributed by atoms with Crippen LogP contribution >= 0.6 is 0 Å². The van der Waals surface area contributed by atoms with Gasteiger partial charge in [0.1, 0.15) is 17.1 Å². The van der Waals surface area contributed by atoms with Gasteiger partial charge in [-0.2, -0.15) is 4.31 Å². The lowest BCUT2D eigenvalue weighted by Crippen LogP contribution is -2.48. The summed E-state index contributed by atoms with van der Waals surface area (Å²) in [5, 5.41) is 9.30. The van der Waals surface area contributed by atoms with E-state index < -0.39 is 32.8 Å². The largest absolute Gasteiger partial charge is 0.494 e. The van der Waals surface area contributed by atoms with Gasteiger partial charge >= 0.3 is 5.97 Å². The summed E-state index contributed by atoms with van der Waals surface area (Å²) < 4.78 is 49.5. The zero-order valence-electron chi connectivity index (χ0n) is 19.4. The molecule has 1 aliphatic heterocycles. The molecule has 1 aromatic heterocycles. The Morgan fingerprint density at radius 3 is 2.31 bits per heavy atom. The topological polar surface area (TPSA) is 109 Å². The average Bonchev–Trinajstić information content (AvgIpc) is 2.85. The second-order valence-electron chi connectivity index (χ2n) is 8.08. The van der Waals surface area contributed by atoms with Crippen LogP contribution in [0.1, 0.15) is 24.2 Å². The maximum atomic E-state index is 15.1. The number of hydrogen-bond acceptors (Lipinski definition) is 6. The molecule has 1 fully saturated rings. The third-order valence-corrected chi connectivity index (χ3v) is 7.98. The number of pyridine rings is 1. The van der Waals surface area contributed by atoms with Crippen molar-refractivity contribution >= 4 is 32.6 Å². The Labute approximate surface area is 202 Å². The normalized spacial score (nSPS) is 14.9. The van der Waals surface area contributed by atoms with Gasteiger partial charge in [-0.05, 0) is 50.2 Å². The van der Waals surface area contributed by atoms with Gasteiger partial charge in [0.25, 0.3) is 0 Å². The van der Waals surface area contributed by atoms with Crippen molar-refractivity contribution in [3.05, 3.63) is 64.2 Å². The van der Waals surface area contributed by atoms with Crippen LogP contribution in [0.3, 0.4) is 0 Å². The number of ether oxygens (including phenoxy) is 1. The summed E-state index contributed by atoms with van der Waals surface area (Å²) in [5.41, 5.74) is -0.503. The molecule has 0 unspecified atom stereocenters. The van der Waals surface area contributed by atoms with Crippen LogP contribution in [0, 0.1) is 5.82 Å². The van der Waals surface area contributed by atoms with E-state index in [1.165, 1.54) is 28.7 Å². The highest BCUT2D eigenvalue weighted by Crippen LogP contribution is 2.28. The van der Waals surface area contributed by atoms with Crippen molar-refractivity contribution in [2.75, 3.05) is 37.7 Å². The molecule has 11 heteroatoms. The number of hydrogen-bond donors (Lipinski definition) is 1. The van der Waals surface area contributed by atoms with Crippen molar-refractivity contribution in [1.29, 1.82) is 0 Å². The minimum atomic E-state index is -3.72. The van der Waals surface area contributed by atoms with E-state index in [4.69, 9.17) is 4.74 Å². The number of aromatic carboxylic acids is 1. The van der Waals surface area contributed by atoms with Gasteiger partial charge in [0, 0.05) is 44.3 Å². The van der Waals surface area contributed by atoms with Gasteiger partial charge in [0.15, 0.2) is 0 Å². The first kappa shape index (κ1) is 24.7. The van der Waals surface area contributed by atoms with Crippen LogP contribution in [0.2, 0.25) is 0 Å². The zero-order chi connectivity index (χ0) is 25.3. The number of aromatic nitrogens is 1. The standard InChI is InChI=1S/C24H26FN3O6S/c1-3-26-15-19(24(30)31)23(29)18-13-20(25)22(14-21(18)26)27-9-11-28(12-10-27)35(32,33)17-7-5-16(6-8-17)34-4-2/h5-8,13-15H,3-4,9-12H2,1-2H3,(H,30,31). The number of rotatable bonds is 7. The molecule has 0 radical (unpaired) electrons. The number of sulfonamides is 1. The molecule has 0 spiro atoms. The smallest absolute Gasteiger partial charge is 0.341 e. The van der Waals surface area contributed by atoms with E-state index in [-0.39, 0.29) is 42.1 Å². The SMILES string of the molecule is CCOc1ccc(S(=O)(=O)N2CCN(c3cc4c(cc3F)c(=O)c(C(=O)O)cn4CC)CC2)cc1. The predicted octanol–water partition coefficient (Wildman–Crippen LogP) is 2.77. The first-order valence-electron chi connectivity index (χ1n) is 11.2. The highest BCUT2D eigenvalue weighted by Gasteiger charge is 2.30. The van der Waals surface area contributed by atoms with Gasteiger partial charge in [0.05, 0.1) is 22.7 Å². The molecule has 3 aromatic rings. The van der Waals surface area contributed by atoms with Crippen molar-refractivity contribution in [2.24, 2.45) is 0 Å². The molecule has 0 bridgehead atoms. The van der Waals surface area contributed by atoms with Crippen LogP contribution < -0.4 is 15.1 Å². The van der Waals surface area contributed by atoms with E-state index in [1.54, 1.807) is 28.5 Å². The number of carboxylic acids is 1. The molecule has 186 valence electrons. The maximum Gasteiger partial charge on any atom is 0.341 e. The molecule has 2 aromatic carbocycles. The third kappa shape index (κ3) is 4.61. The number of carboxylic acid groups (broad SMARTS) is 1. The summed E-state index contributed by atoms with van der Waals surface area (Å²) in [6.45, 7) is 5.33. The summed E-state index contributed by atoms with van der Waals surface area (Å²) in [4.78, 5) is 25.9. The molecule has 0 saturated carbocycles. The maximum absolute atomic E-state index is 15.1. The molecule has 4 rings (SSSR count). The summed E-state index contributed by atoms with van der Waals surface area (Å²) in [5.74, 6) is -1.44. The van der Waals surface area contributed by atoms with Crippen molar-refractivity contribution < 1.29 is 27.4 Å². The van der Waals surface area contributed by atoms with Crippen LogP contribution in [0.25, 0.3) is 10.9 Å². The molecule has 35 heavy (non-hydrogen) atoms. The monoisotopic (exact) mass is 503 g/mol. The summed E-state index contributed by atoms with van der Waals surface area (Å²) >= 11 is 0. The third-order valence-electron chi connectivity index (χ3n) is 6.07. The Morgan fingerprint density at radius 2 is 1.74 bits per heavy atom. The highest BCUT2D eigenvalue weighted by molar-refractivity contribution is 7.89. The van der Waals surface area contributed by atoms with Crippen molar-refractivity contribution in [1.82, 2.24) is 8.87 Å². The van der Waals surface area contributed by atoms with Gasteiger partial charge < -0.3 is 19.3 Å². The molecule has 9 nitrogen and oxygen atoms in total. The van der Waals surface area contributed by atoms with Crippen LogP contribution in [-0.4, -0.2) is 61.2 Å². The Morgan fingerprint density at radius 1 is 1.09 bits per heavy atom. The van der Waals surface area contributed by atoms with Gasteiger partial charge in [0.2, 0.25) is 15.5 Å². The fourth-order valence-corrected chi connectivity index (χ4v) is 5.67. The molecular weight excluding hydrogens is 477 g/mol. The lowest BCUT2D eigenvalue weighted by molar-refractivity contribution is 0.0694. The van der Waals surface area contributed by atoms with Crippen molar-refractivity contribution in [2.45, 2.75) is 25.3 Å². The van der Waals surface area contributed by atoms with Gasteiger partial charge in [-0.25, -0.2) is 17.6 Å². The summed E-state index contributed by atoms with van der Waals surface area (Å²) in [7, 11) is -3.72. The second-order valence-corrected chi connectivity index (χ2v) is 10.0. The number of aryl methyl sites for hydroxylation is 1. The fraction of sp³-hybridized carbons (Fsp3) is 0.333. The molecule has 1 aliphatic rings. The Kier molecular flexibility index (Phi) is 6.82. The van der Waals surface area contributed by atoms with Crippen LogP contribution in [0.15, 0.2) is 52.3 Å². The first-order chi connectivity index (χ1) is 16.7. The van der Waals surface area contributed by atoms with Gasteiger partial charge in [-0.1, -0.05) is 0 Å². The van der Waals surface area contributed by atoms with E-state index in [0.717, 1.165) is 6.07 Å².